The summed E-state index contributed by atoms with van der Waals surface area (Å²) in [5.74, 6) is 0.621. The number of ether oxygens (including phenoxy) is 2. The highest BCUT2D eigenvalue weighted by molar-refractivity contribution is 5.67. The molecule has 2 aromatic carbocycles. The Morgan fingerprint density at radius 1 is 0.737 bits per heavy atom. The second-order valence-electron chi connectivity index (χ2n) is 4.51. The molecule has 19 heavy (non-hydrogen) atoms. The number of fused-ring (bicyclic) bond motifs is 2. The van der Waals surface area contributed by atoms with E-state index in [2.05, 4.69) is 0 Å². The smallest absolute Gasteiger partial charge is 0.215 e. The standard InChI is InChI=1S/C14H12O5/c1-6-4-10-11(5-8(6)15)18-13-7(2)3-9(16)12(17)14(13)19-10/h3-5,15-17H,1-2H3. The highest BCUT2D eigenvalue weighted by atomic mass is 16.6. The third-order valence-corrected chi connectivity index (χ3v) is 3.06. The molecule has 0 fully saturated rings. The van der Waals surface area contributed by atoms with Gasteiger partial charge < -0.3 is 24.8 Å². The van der Waals surface area contributed by atoms with E-state index in [9.17, 15) is 15.3 Å². The minimum absolute atomic E-state index is 0.0788. The van der Waals surface area contributed by atoms with Crippen molar-refractivity contribution in [3.8, 4) is 40.2 Å². The van der Waals surface area contributed by atoms with Crippen molar-refractivity contribution < 1.29 is 24.8 Å². The van der Waals surface area contributed by atoms with Gasteiger partial charge in [0.2, 0.25) is 11.5 Å². The Morgan fingerprint density at radius 3 is 2.11 bits per heavy atom. The summed E-state index contributed by atoms with van der Waals surface area (Å²) in [6, 6.07) is 4.44. The zero-order valence-corrected chi connectivity index (χ0v) is 10.4. The average molecular weight is 260 g/mol. The van der Waals surface area contributed by atoms with E-state index in [1.807, 2.05) is 0 Å². The molecule has 5 heteroatoms. The Morgan fingerprint density at radius 2 is 1.37 bits per heavy atom. The Kier molecular flexibility index (Phi) is 2.25. The van der Waals surface area contributed by atoms with Crippen molar-refractivity contribution in [3.05, 3.63) is 29.3 Å². The van der Waals surface area contributed by atoms with E-state index in [4.69, 9.17) is 9.47 Å². The van der Waals surface area contributed by atoms with Gasteiger partial charge in [-0.1, -0.05) is 0 Å². The fourth-order valence-electron chi connectivity index (χ4n) is 1.99. The SMILES string of the molecule is Cc1cc2c(cc1O)Oc1c(C)cc(O)c(O)c1O2. The number of aryl methyl sites for hydroxylation is 2. The fourth-order valence-corrected chi connectivity index (χ4v) is 1.99. The van der Waals surface area contributed by atoms with Gasteiger partial charge in [0.25, 0.3) is 0 Å². The van der Waals surface area contributed by atoms with Crippen LogP contribution in [-0.2, 0) is 0 Å². The number of phenols is 3. The minimum Gasteiger partial charge on any atom is -0.508 e. The van der Waals surface area contributed by atoms with E-state index in [0.717, 1.165) is 0 Å². The first-order chi connectivity index (χ1) is 8.97. The molecule has 3 N–H and O–H groups in total. The molecule has 0 atom stereocenters. The van der Waals surface area contributed by atoms with Gasteiger partial charge in [-0.2, -0.15) is 0 Å². The Balaban J connectivity index is 2.19. The highest BCUT2D eigenvalue weighted by Gasteiger charge is 2.26. The summed E-state index contributed by atoms with van der Waals surface area (Å²) in [6.07, 6.45) is 0. The minimum atomic E-state index is -0.364. The molecule has 98 valence electrons. The molecule has 0 aromatic heterocycles. The fraction of sp³-hybridized carbons (Fsp3) is 0.143. The summed E-state index contributed by atoms with van der Waals surface area (Å²) in [4.78, 5) is 0. The van der Waals surface area contributed by atoms with E-state index in [-0.39, 0.29) is 23.0 Å². The molecule has 1 aliphatic heterocycles. The van der Waals surface area contributed by atoms with Gasteiger partial charge in [-0.15, -0.1) is 0 Å². The third-order valence-electron chi connectivity index (χ3n) is 3.06. The molecule has 1 aliphatic rings. The van der Waals surface area contributed by atoms with Gasteiger partial charge >= 0.3 is 0 Å². The van der Waals surface area contributed by atoms with E-state index >= 15 is 0 Å². The number of rotatable bonds is 0. The number of aromatic hydroxyl groups is 3. The number of benzene rings is 2. The van der Waals surface area contributed by atoms with Crippen LogP contribution in [0.15, 0.2) is 18.2 Å². The number of hydrogen-bond acceptors (Lipinski definition) is 5. The van der Waals surface area contributed by atoms with Gasteiger partial charge in [0.1, 0.15) is 5.75 Å². The first kappa shape index (κ1) is 11.5. The summed E-state index contributed by atoms with van der Waals surface area (Å²) in [5, 5.41) is 29.1. The van der Waals surface area contributed by atoms with Crippen molar-refractivity contribution in [2.24, 2.45) is 0 Å². The molecule has 0 unspecified atom stereocenters. The summed E-state index contributed by atoms with van der Waals surface area (Å²) < 4.78 is 11.2. The lowest BCUT2D eigenvalue weighted by Gasteiger charge is -2.23. The van der Waals surface area contributed by atoms with Crippen molar-refractivity contribution in [2.45, 2.75) is 13.8 Å². The van der Waals surface area contributed by atoms with Crippen LogP contribution in [0, 0.1) is 13.8 Å². The van der Waals surface area contributed by atoms with Crippen LogP contribution in [-0.4, -0.2) is 15.3 Å². The van der Waals surface area contributed by atoms with Crippen LogP contribution in [0.5, 0.6) is 40.2 Å². The molecular formula is C14H12O5. The second-order valence-corrected chi connectivity index (χ2v) is 4.51. The van der Waals surface area contributed by atoms with Gasteiger partial charge in [0.05, 0.1) is 0 Å². The highest BCUT2D eigenvalue weighted by Crippen LogP contribution is 2.54. The molecule has 0 amide bonds. The molecule has 2 aromatic rings. The van der Waals surface area contributed by atoms with Crippen molar-refractivity contribution in [1.82, 2.24) is 0 Å². The molecule has 5 nitrogen and oxygen atoms in total. The van der Waals surface area contributed by atoms with Crippen molar-refractivity contribution >= 4 is 0 Å². The van der Waals surface area contributed by atoms with Crippen LogP contribution in [0.25, 0.3) is 0 Å². The number of hydrogen-bond donors (Lipinski definition) is 3. The lowest BCUT2D eigenvalue weighted by atomic mass is 10.1. The molecule has 0 saturated heterocycles. The molecule has 0 saturated carbocycles. The largest absolute Gasteiger partial charge is 0.508 e. The van der Waals surface area contributed by atoms with Gasteiger partial charge in [-0.25, -0.2) is 0 Å². The summed E-state index contributed by atoms with van der Waals surface area (Å²) >= 11 is 0. The molecular weight excluding hydrogens is 248 g/mol. The Bertz CT molecular complexity index is 691. The maximum Gasteiger partial charge on any atom is 0.215 e. The van der Waals surface area contributed by atoms with Crippen LogP contribution in [0.1, 0.15) is 11.1 Å². The van der Waals surface area contributed by atoms with E-state index in [1.165, 1.54) is 12.1 Å². The zero-order chi connectivity index (χ0) is 13.7. The second kappa shape index (κ2) is 3.71. The normalized spacial score (nSPS) is 12.1. The van der Waals surface area contributed by atoms with Gasteiger partial charge in [0.15, 0.2) is 23.0 Å². The van der Waals surface area contributed by atoms with Crippen LogP contribution in [0.2, 0.25) is 0 Å². The molecule has 1 heterocycles. The van der Waals surface area contributed by atoms with Gasteiger partial charge in [-0.3, -0.25) is 0 Å². The molecule has 0 aliphatic carbocycles. The zero-order valence-electron chi connectivity index (χ0n) is 10.4. The Labute approximate surface area is 109 Å². The summed E-state index contributed by atoms with van der Waals surface area (Å²) in [7, 11) is 0. The van der Waals surface area contributed by atoms with Gasteiger partial charge in [-0.05, 0) is 37.1 Å². The van der Waals surface area contributed by atoms with Crippen LogP contribution in [0.4, 0.5) is 0 Å². The molecule has 0 radical (unpaired) electrons. The van der Waals surface area contributed by atoms with E-state index in [0.29, 0.717) is 28.4 Å². The summed E-state index contributed by atoms with van der Waals surface area (Å²) in [5.41, 5.74) is 1.25. The maximum atomic E-state index is 9.81. The third kappa shape index (κ3) is 1.62. The van der Waals surface area contributed by atoms with E-state index < -0.39 is 0 Å². The van der Waals surface area contributed by atoms with E-state index in [1.54, 1.807) is 19.9 Å². The Hall–Kier alpha value is -2.56. The maximum absolute atomic E-state index is 9.81. The first-order valence-corrected chi connectivity index (χ1v) is 5.72. The first-order valence-electron chi connectivity index (χ1n) is 5.72. The number of phenolic OH excluding ortho intramolecular Hbond substituents is 3. The van der Waals surface area contributed by atoms with Gasteiger partial charge in [0, 0.05) is 6.07 Å². The van der Waals surface area contributed by atoms with Crippen molar-refractivity contribution in [1.29, 1.82) is 0 Å². The summed E-state index contributed by atoms with van der Waals surface area (Å²) in [6.45, 7) is 3.45. The van der Waals surface area contributed by atoms with Crippen LogP contribution in [0.3, 0.4) is 0 Å². The lowest BCUT2D eigenvalue weighted by Crippen LogP contribution is -2.01. The molecule has 3 rings (SSSR count). The quantitative estimate of drug-likeness (QED) is 0.540. The molecule has 0 bridgehead atoms. The van der Waals surface area contributed by atoms with Crippen molar-refractivity contribution in [2.75, 3.05) is 0 Å². The predicted octanol–water partition coefficient (Wildman–Crippen LogP) is 3.32. The van der Waals surface area contributed by atoms with Crippen molar-refractivity contribution in [3.63, 3.8) is 0 Å². The monoisotopic (exact) mass is 260 g/mol. The lowest BCUT2D eigenvalue weighted by molar-refractivity contribution is 0.321. The predicted molar refractivity (Wildman–Crippen MR) is 67.5 cm³/mol. The van der Waals surface area contributed by atoms with Crippen LogP contribution < -0.4 is 9.47 Å². The average Bonchev–Trinajstić information content (AvgIpc) is 2.36. The topological polar surface area (TPSA) is 79.2 Å². The van der Waals surface area contributed by atoms with Crippen LogP contribution >= 0.6 is 0 Å². The molecule has 0 spiro atoms.